The maximum absolute atomic E-state index is 12.3. The Hall–Kier alpha value is -1.99. The van der Waals surface area contributed by atoms with Crippen molar-refractivity contribution in [2.45, 2.75) is 6.36 Å². The molecule has 0 N–H and O–H groups in total. The Morgan fingerprint density at radius 2 is 1.95 bits per heavy atom. The van der Waals surface area contributed by atoms with Crippen LogP contribution in [0.1, 0.15) is 0 Å². The lowest BCUT2D eigenvalue weighted by atomic mass is 10.3. The fraction of sp³-hybridized carbons (Fsp3) is 0.455. The molecule has 1 aliphatic heterocycles. The number of rotatable bonds is 3. The number of amides is 1. The third-order valence-electron chi connectivity index (χ3n) is 2.74. The molecule has 0 spiro atoms. The van der Waals surface area contributed by atoms with Crippen molar-refractivity contribution in [1.82, 2.24) is 9.88 Å². The van der Waals surface area contributed by atoms with Gasteiger partial charge in [0.1, 0.15) is 0 Å². The molecule has 1 amide bonds. The van der Waals surface area contributed by atoms with E-state index >= 15 is 0 Å². The fourth-order valence-electron chi connectivity index (χ4n) is 1.86. The number of piperazine rings is 1. The molecule has 19 heavy (non-hydrogen) atoms. The normalized spacial score (nSPS) is 16.4. The van der Waals surface area contributed by atoms with Gasteiger partial charge in [0.05, 0.1) is 0 Å². The first-order chi connectivity index (χ1) is 8.99. The first-order valence-corrected chi connectivity index (χ1v) is 5.64. The highest BCUT2D eigenvalue weighted by molar-refractivity contribution is 5.54. The van der Waals surface area contributed by atoms with E-state index in [0.29, 0.717) is 26.2 Å². The molecule has 1 fully saturated rings. The van der Waals surface area contributed by atoms with Gasteiger partial charge in [-0.3, -0.25) is 4.79 Å². The number of hydrogen-bond acceptors (Lipinski definition) is 4. The molecule has 0 atom stereocenters. The highest BCUT2D eigenvalue weighted by Gasteiger charge is 2.33. The number of halogens is 3. The van der Waals surface area contributed by atoms with E-state index in [1.165, 1.54) is 18.3 Å². The van der Waals surface area contributed by atoms with E-state index in [1.807, 2.05) is 0 Å². The summed E-state index contributed by atoms with van der Waals surface area (Å²) in [6.07, 6.45) is -2.62. The zero-order valence-corrected chi connectivity index (χ0v) is 9.93. The number of aromatic nitrogens is 1. The summed E-state index contributed by atoms with van der Waals surface area (Å²) in [5, 5.41) is 0. The molecule has 5 nitrogen and oxygen atoms in total. The molecule has 104 valence electrons. The Balaban J connectivity index is 2.14. The summed E-state index contributed by atoms with van der Waals surface area (Å²) < 4.78 is 40.8. The first-order valence-electron chi connectivity index (χ1n) is 5.64. The zero-order chi connectivity index (χ0) is 13.9. The smallest absolute Gasteiger partial charge is 0.402 e. The Morgan fingerprint density at radius 3 is 2.53 bits per heavy atom. The van der Waals surface area contributed by atoms with E-state index in [-0.39, 0.29) is 11.6 Å². The summed E-state index contributed by atoms with van der Waals surface area (Å²) in [5.74, 6) is -0.181. The Labute approximate surface area is 107 Å². The summed E-state index contributed by atoms with van der Waals surface area (Å²) in [6.45, 7) is 1.74. The quantitative estimate of drug-likeness (QED) is 0.779. The van der Waals surface area contributed by atoms with Gasteiger partial charge in [-0.15, -0.1) is 13.2 Å². The average Bonchev–Trinajstić information content (AvgIpc) is 2.38. The highest BCUT2D eigenvalue weighted by atomic mass is 19.4. The maximum Gasteiger partial charge on any atom is 0.573 e. The lowest BCUT2D eigenvalue weighted by Crippen LogP contribution is -2.46. The Bertz CT molecular complexity index is 445. The number of anilines is 1. The molecule has 2 heterocycles. The second kappa shape index (κ2) is 5.33. The molecule has 2 rings (SSSR count). The number of pyridine rings is 1. The molecule has 0 unspecified atom stereocenters. The van der Waals surface area contributed by atoms with Crippen LogP contribution in [0.25, 0.3) is 0 Å². The van der Waals surface area contributed by atoms with Crippen molar-refractivity contribution in [3.63, 3.8) is 0 Å². The van der Waals surface area contributed by atoms with Crippen LogP contribution in [-0.4, -0.2) is 48.8 Å². The molecule has 0 radical (unpaired) electrons. The highest BCUT2D eigenvalue weighted by Crippen LogP contribution is 2.31. The minimum Gasteiger partial charge on any atom is -0.402 e. The van der Waals surface area contributed by atoms with Gasteiger partial charge in [-0.1, -0.05) is 0 Å². The molecule has 1 aliphatic rings. The predicted octanol–water partition coefficient (Wildman–Crippen LogP) is 1.26. The summed E-state index contributed by atoms with van der Waals surface area (Å²) in [7, 11) is 0. The molecule has 1 saturated heterocycles. The second-order valence-corrected chi connectivity index (χ2v) is 4.00. The third kappa shape index (κ3) is 3.49. The van der Waals surface area contributed by atoms with E-state index in [1.54, 1.807) is 9.80 Å². The van der Waals surface area contributed by atoms with Gasteiger partial charge in [0, 0.05) is 32.4 Å². The molecule has 0 saturated carbocycles. The zero-order valence-electron chi connectivity index (χ0n) is 9.93. The van der Waals surface area contributed by atoms with Crippen molar-refractivity contribution in [3.05, 3.63) is 18.3 Å². The summed E-state index contributed by atoms with van der Waals surface area (Å²) in [5.41, 5.74) is 0. The van der Waals surface area contributed by atoms with Crippen LogP contribution in [-0.2, 0) is 4.79 Å². The van der Waals surface area contributed by atoms with Crippen molar-refractivity contribution >= 4 is 12.2 Å². The van der Waals surface area contributed by atoms with Gasteiger partial charge in [0.2, 0.25) is 6.41 Å². The van der Waals surface area contributed by atoms with Gasteiger partial charge in [0.25, 0.3) is 0 Å². The van der Waals surface area contributed by atoms with Crippen LogP contribution in [0.15, 0.2) is 18.3 Å². The van der Waals surface area contributed by atoms with Crippen molar-refractivity contribution < 1.29 is 22.7 Å². The van der Waals surface area contributed by atoms with Crippen LogP contribution in [0.4, 0.5) is 19.0 Å². The summed E-state index contributed by atoms with van der Waals surface area (Å²) in [4.78, 5) is 17.7. The van der Waals surface area contributed by atoms with Gasteiger partial charge in [-0.05, 0) is 12.1 Å². The number of ether oxygens (including phenoxy) is 1. The molecular formula is C11H12F3N3O2. The van der Waals surface area contributed by atoms with Gasteiger partial charge < -0.3 is 14.5 Å². The lowest BCUT2D eigenvalue weighted by molar-refractivity contribution is -0.274. The minimum absolute atomic E-state index is 0.144. The third-order valence-corrected chi connectivity index (χ3v) is 2.74. The number of carbonyl (C=O) groups excluding carboxylic acids is 1. The second-order valence-electron chi connectivity index (χ2n) is 4.00. The summed E-state index contributed by atoms with van der Waals surface area (Å²) in [6, 6.07) is 2.61. The van der Waals surface area contributed by atoms with Crippen LogP contribution in [0.2, 0.25) is 0 Å². The van der Waals surface area contributed by atoms with Crippen LogP contribution in [0, 0.1) is 0 Å². The van der Waals surface area contributed by atoms with E-state index < -0.39 is 6.36 Å². The minimum atomic E-state index is -4.75. The molecule has 1 aromatic heterocycles. The van der Waals surface area contributed by atoms with Crippen LogP contribution < -0.4 is 9.64 Å². The number of hydrogen-bond donors (Lipinski definition) is 0. The Kier molecular flexibility index (Phi) is 3.77. The predicted molar refractivity (Wildman–Crippen MR) is 60.8 cm³/mol. The van der Waals surface area contributed by atoms with Gasteiger partial charge in [0.15, 0.2) is 11.6 Å². The molecule has 0 aliphatic carbocycles. The van der Waals surface area contributed by atoms with Crippen molar-refractivity contribution in [3.8, 4) is 5.75 Å². The van der Waals surface area contributed by atoms with Gasteiger partial charge in [-0.25, -0.2) is 4.98 Å². The monoisotopic (exact) mass is 275 g/mol. The van der Waals surface area contributed by atoms with Gasteiger partial charge >= 0.3 is 6.36 Å². The van der Waals surface area contributed by atoms with E-state index in [9.17, 15) is 18.0 Å². The summed E-state index contributed by atoms with van der Waals surface area (Å²) >= 11 is 0. The first kappa shape index (κ1) is 13.4. The average molecular weight is 275 g/mol. The van der Waals surface area contributed by atoms with Crippen molar-refractivity contribution in [2.75, 3.05) is 31.1 Å². The largest absolute Gasteiger partial charge is 0.573 e. The number of alkyl halides is 3. The van der Waals surface area contributed by atoms with Crippen LogP contribution in [0.5, 0.6) is 5.75 Å². The van der Waals surface area contributed by atoms with Crippen molar-refractivity contribution in [2.24, 2.45) is 0 Å². The van der Waals surface area contributed by atoms with E-state index in [4.69, 9.17) is 0 Å². The van der Waals surface area contributed by atoms with Crippen LogP contribution in [0.3, 0.4) is 0 Å². The number of nitrogens with zero attached hydrogens (tertiary/aromatic N) is 3. The number of carbonyl (C=O) groups is 1. The van der Waals surface area contributed by atoms with Gasteiger partial charge in [-0.2, -0.15) is 0 Å². The van der Waals surface area contributed by atoms with E-state index in [2.05, 4.69) is 9.72 Å². The standard InChI is InChI=1S/C11H12F3N3O2/c12-11(13,14)19-9-2-1-3-15-10(9)17-6-4-16(8-18)5-7-17/h1-3,8H,4-7H2. The molecule has 1 aromatic rings. The van der Waals surface area contributed by atoms with E-state index in [0.717, 1.165) is 6.41 Å². The maximum atomic E-state index is 12.3. The Morgan fingerprint density at radius 1 is 1.26 bits per heavy atom. The lowest BCUT2D eigenvalue weighted by Gasteiger charge is -2.33. The topological polar surface area (TPSA) is 45.7 Å². The molecular weight excluding hydrogens is 263 g/mol. The fourth-order valence-corrected chi connectivity index (χ4v) is 1.86. The molecule has 8 heteroatoms. The molecule has 0 bridgehead atoms. The molecule has 0 aromatic carbocycles. The SMILES string of the molecule is O=CN1CCN(c2ncccc2OC(F)(F)F)CC1. The van der Waals surface area contributed by atoms with Crippen molar-refractivity contribution in [1.29, 1.82) is 0 Å². The van der Waals surface area contributed by atoms with Crippen LogP contribution >= 0.6 is 0 Å².